The van der Waals surface area contributed by atoms with Gasteiger partial charge in [-0.15, -0.1) is 0 Å². The molecule has 0 heterocycles. The summed E-state index contributed by atoms with van der Waals surface area (Å²) < 4.78 is 15.5. The molecule has 1 saturated carbocycles. The summed E-state index contributed by atoms with van der Waals surface area (Å²) in [4.78, 5) is 23.9. The Hall–Kier alpha value is -2.24. The third-order valence-electron chi connectivity index (χ3n) is 4.62. The van der Waals surface area contributed by atoms with E-state index in [1.807, 2.05) is 0 Å². The molecule has 25 heavy (non-hydrogen) atoms. The first-order chi connectivity index (χ1) is 12.0. The maximum Gasteiger partial charge on any atom is 0.310 e. The summed E-state index contributed by atoms with van der Waals surface area (Å²) in [6, 6.07) is 5.42. The highest BCUT2D eigenvalue weighted by Gasteiger charge is 2.23. The fraction of sp³-hybridized carbons (Fsp3) is 0.579. The van der Waals surface area contributed by atoms with E-state index in [2.05, 4.69) is 12.2 Å². The van der Waals surface area contributed by atoms with Crippen molar-refractivity contribution in [3.05, 3.63) is 23.8 Å². The Balaban J connectivity index is 1.79. The summed E-state index contributed by atoms with van der Waals surface area (Å²) in [5.41, 5.74) is 0.740. The molecule has 1 N–H and O–H groups in total. The van der Waals surface area contributed by atoms with Crippen LogP contribution in [0.3, 0.4) is 0 Å². The zero-order valence-electron chi connectivity index (χ0n) is 15.2. The number of hydrogen-bond acceptors (Lipinski definition) is 5. The molecule has 1 aliphatic rings. The second-order valence-electron chi connectivity index (χ2n) is 6.46. The molecule has 1 aromatic rings. The lowest BCUT2D eigenvalue weighted by molar-refractivity contribution is -0.148. The van der Waals surface area contributed by atoms with E-state index in [1.54, 1.807) is 25.3 Å². The zero-order chi connectivity index (χ0) is 18.2. The molecule has 1 aliphatic carbocycles. The van der Waals surface area contributed by atoms with Crippen molar-refractivity contribution in [3.8, 4) is 11.5 Å². The maximum atomic E-state index is 12.0. The average molecular weight is 349 g/mol. The highest BCUT2D eigenvalue weighted by Crippen LogP contribution is 2.27. The molecule has 6 nitrogen and oxygen atoms in total. The fourth-order valence-corrected chi connectivity index (χ4v) is 3.13. The van der Waals surface area contributed by atoms with E-state index in [0.717, 1.165) is 24.8 Å². The monoisotopic (exact) mass is 349 g/mol. The number of carbonyl (C=O) groups is 2. The minimum atomic E-state index is -0.445. The van der Waals surface area contributed by atoms with E-state index in [-0.39, 0.29) is 25.0 Å². The van der Waals surface area contributed by atoms with Gasteiger partial charge in [-0.2, -0.15) is 0 Å². The number of carbonyl (C=O) groups excluding carboxylic acids is 2. The van der Waals surface area contributed by atoms with Gasteiger partial charge in [0.15, 0.2) is 18.1 Å². The Morgan fingerprint density at radius 1 is 1.12 bits per heavy atom. The molecule has 1 aromatic carbocycles. The van der Waals surface area contributed by atoms with Crippen LogP contribution in [0.15, 0.2) is 18.2 Å². The summed E-state index contributed by atoms with van der Waals surface area (Å²) in [5, 5.41) is 2.97. The van der Waals surface area contributed by atoms with Crippen LogP contribution >= 0.6 is 0 Å². The Morgan fingerprint density at radius 2 is 1.84 bits per heavy atom. The van der Waals surface area contributed by atoms with Crippen LogP contribution in [0, 0.1) is 5.92 Å². The van der Waals surface area contributed by atoms with Gasteiger partial charge in [-0.25, -0.2) is 0 Å². The average Bonchev–Trinajstić information content (AvgIpc) is 2.62. The van der Waals surface area contributed by atoms with E-state index in [1.165, 1.54) is 13.5 Å². The third kappa shape index (κ3) is 5.66. The van der Waals surface area contributed by atoms with Gasteiger partial charge >= 0.3 is 5.97 Å². The van der Waals surface area contributed by atoms with Crippen molar-refractivity contribution in [2.45, 2.75) is 45.1 Å². The summed E-state index contributed by atoms with van der Waals surface area (Å²) >= 11 is 0. The molecule has 0 unspecified atom stereocenters. The molecule has 6 heteroatoms. The molecule has 2 atom stereocenters. The Bertz CT molecular complexity index is 601. The fourth-order valence-electron chi connectivity index (χ4n) is 3.13. The third-order valence-corrected chi connectivity index (χ3v) is 4.62. The zero-order valence-corrected chi connectivity index (χ0v) is 15.2. The summed E-state index contributed by atoms with van der Waals surface area (Å²) in [6.45, 7) is 1.91. The van der Waals surface area contributed by atoms with Gasteiger partial charge in [-0.3, -0.25) is 9.59 Å². The topological polar surface area (TPSA) is 73.9 Å². The van der Waals surface area contributed by atoms with E-state index in [4.69, 9.17) is 14.2 Å². The highest BCUT2D eigenvalue weighted by molar-refractivity contribution is 5.81. The standard InChI is InChI=1S/C19H27NO5/c1-13-6-4-5-7-15(13)20-18(21)12-25-19(22)11-14-8-9-16(23-2)17(10-14)24-3/h8-10,13,15H,4-7,11-12H2,1-3H3,(H,20,21)/t13-,15-/m1/s1. The highest BCUT2D eigenvalue weighted by atomic mass is 16.5. The molecule has 0 saturated heterocycles. The number of benzene rings is 1. The molecule has 0 aromatic heterocycles. The van der Waals surface area contributed by atoms with Gasteiger partial charge in [0.05, 0.1) is 20.6 Å². The lowest BCUT2D eigenvalue weighted by Gasteiger charge is -2.29. The van der Waals surface area contributed by atoms with E-state index in [9.17, 15) is 9.59 Å². The molecule has 2 rings (SSSR count). The van der Waals surface area contributed by atoms with E-state index in [0.29, 0.717) is 17.4 Å². The lowest BCUT2D eigenvalue weighted by atomic mass is 9.86. The van der Waals surface area contributed by atoms with Crippen LogP contribution in [0.2, 0.25) is 0 Å². The van der Waals surface area contributed by atoms with Gasteiger partial charge < -0.3 is 19.5 Å². The molecule has 0 bridgehead atoms. The Kier molecular flexibility index (Phi) is 7.10. The molecule has 0 radical (unpaired) electrons. The first-order valence-corrected chi connectivity index (χ1v) is 8.69. The van der Waals surface area contributed by atoms with Crippen molar-refractivity contribution in [2.75, 3.05) is 20.8 Å². The van der Waals surface area contributed by atoms with Crippen LogP contribution in [0.25, 0.3) is 0 Å². The van der Waals surface area contributed by atoms with Crippen molar-refractivity contribution in [3.63, 3.8) is 0 Å². The first-order valence-electron chi connectivity index (χ1n) is 8.69. The van der Waals surface area contributed by atoms with Gasteiger partial charge in [0.25, 0.3) is 5.91 Å². The second-order valence-corrected chi connectivity index (χ2v) is 6.46. The Labute approximate surface area is 148 Å². The largest absolute Gasteiger partial charge is 0.493 e. The SMILES string of the molecule is COc1ccc(CC(=O)OCC(=O)N[C@@H]2CCCC[C@H]2C)cc1OC. The van der Waals surface area contributed by atoms with Crippen LogP contribution in [0.4, 0.5) is 0 Å². The predicted octanol–water partition coefficient (Wildman–Crippen LogP) is 2.48. The number of amides is 1. The van der Waals surface area contributed by atoms with Crippen LogP contribution in [-0.4, -0.2) is 38.7 Å². The molecule has 0 aliphatic heterocycles. The van der Waals surface area contributed by atoms with E-state index < -0.39 is 5.97 Å². The summed E-state index contributed by atoms with van der Waals surface area (Å²) in [5.74, 6) is 0.941. The van der Waals surface area contributed by atoms with Crippen LogP contribution in [0.5, 0.6) is 11.5 Å². The number of ether oxygens (including phenoxy) is 3. The molecule has 1 amide bonds. The smallest absolute Gasteiger partial charge is 0.310 e. The van der Waals surface area contributed by atoms with E-state index >= 15 is 0 Å². The van der Waals surface area contributed by atoms with Crippen molar-refractivity contribution < 1.29 is 23.8 Å². The summed E-state index contributed by atoms with van der Waals surface area (Å²) in [6.07, 6.45) is 4.55. The predicted molar refractivity (Wildman–Crippen MR) is 93.8 cm³/mol. The van der Waals surface area contributed by atoms with Crippen molar-refractivity contribution in [1.29, 1.82) is 0 Å². The molecule has 138 valence electrons. The van der Waals surface area contributed by atoms with Crippen molar-refractivity contribution >= 4 is 11.9 Å². The molecule has 1 fully saturated rings. The first kappa shape index (κ1) is 19.1. The molecular formula is C19H27NO5. The minimum Gasteiger partial charge on any atom is -0.493 e. The van der Waals surface area contributed by atoms with Crippen LogP contribution < -0.4 is 14.8 Å². The normalized spacial score (nSPS) is 19.8. The van der Waals surface area contributed by atoms with Crippen molar-refractivity contribution in [1.82, 2.24) is 5.32 Å². The lowest BCUT2D eigenvalue weighted by Crippen LogP contribution is -2.42. The number of nitrogens with one attached hydrogen (secondary N) is 1. The quantitative estimate of drug-likeness (QED) is 0.766. The van der Waals surface area contributed by atoms with Gasteiger partial charge in [0.1, 0.15) is 0 Å². The van der Waals surface area contributed by atoms with Crippen molar-refractivity contribution in [2.24, 2.45) is 5.92 Å². The minimum absolute atomic E-state index is 0.0769. The number of methoxy groups -OCH3 is 2. The van der Waals surface area contributed by atoms with Gasteiger partial charge in [-0.05, 0) is 36.5 Å². The number of hydrogen-bond donors (Lipinski definition) is 1. The van der Waals surface area contributed by atoms with Gasteiger partial charge in [0.2, 0.25) is 0 Å². The van der Waals surface area contributed by atoms with Crippen LogP contribution in [-0.2, 0) is 20.7 Å². The maximum absolute atomic E-state index is 12.0. The van der Waals surface area contributed by atoms with Gasteiger partial charge in [-0.1, -0.05) is 25.8 Å². The van der Waals surface area contributed by atoms with Crippen LogP contribution in [0.1, 0.15) is 38.2 Å². The second kappa shape index (κ2) is 9.30. The summed E-state index contributed by atoms with van der Waals surface area (Å²) in [7, 11) is 3.09. The molecule has 0 spiro atoms. The number of rotatable bonds is 7. The molecular weight excluding hydrogens is 322 g/mol. The Morgan fingerprint density at radius 3 is 2.52 bits per heavy atom. The van der Waals surface area contributed by atoms with Gasteiger partial charge in [0, 0.05) is 6.04 Å². The number of esters is 1.